The number of amides is 1. The minimum Gasteiger partial charge on any atom is -0.507 e. The van der Waals surface area contributed by atoms with Crippen LogP contribution in [-0.2, 0) is 0 Å². The molecule has 0 spiro atoms. The van der Waals surface area contributed by atoms with Gasteiger partial charge in [-0.05, 0) is 66.2 Å². The number of hydrazone groups is 1. The van der Waals surface area contributed by atoms with Crippen LogP contribution in [0.3, 0.4) is 0 Å². The normalized spacial score (nSPS) is 10.6. The highest BCUT2D eigenvalue weighted by Crippen LogP contribution is 2.16. The van der Waals surface area contributed by atoms with Crippen LogP contribution in [0.15, 0.2) is 77.9 Å². The average Bonchev–Trinajstić information content (AvgIpc) is 2.70. The van der Waals surface area contributed by atoms with Gasteiger partial charge in [0.05, 0.1) is 17.3 Å². The zero-order valence-electron chi connectivity index (χ0n) is 14.5. The number of benzene rings is 3. The standard InChI is InChI=1S/C21H15FN2O4/c22-16-9-7-15(8-10-16)21(27)28-17-11-5-14(6-12-17)13-23-24-20(26)18-3-1-2-4-19(18)25/h1-13,25H,(H,24,26)/b23-13-. The predicted molar refractivity (Wildman–Crippen MR) is 101 cm³/mol. The highest BCUT2D eigenvalue weighted by Gasteiger charge is 2.09. The van der Waals surface area contributed by atoms with Gasteiger partial charge in [0.25, 0.3) is 5.91 Å². The molecular weight excluding hydrogens is 363 g/mol. The van der Waals surface area contributed by atoms with Crippen molar-refractivity contribution in [3.05, 3.63) is 95.3 Å². The molecule has 2 N–H and O–H groups in total. The van der Waals surface area contributed by atoms with E-state index >= 15 is 0 Å². The van der Waals surface area contributed by atoms with Crippen LogP contribution in [0.25, 0.3) is 0 Å². The Labute approximate surface area is 159 Å². The zero-order valence-corrected chi connectivity index (χ0v) is 14.5. The molecule has 0 aromatic heterocycles. The van der Waals surface area contributed by atoms with Crippen LogP contribution in [-0.4, -0.2) is 23.2 Å². The van der Waals surface area contributed by atoms with Crippen molar-refractivity contribution in [3.63, 3.8) is 0 Å². The van der Waals surface area contributed by atoms with Gasteiger partial charge in [-0.3, -0.25) is 4.79 Å². The lowest BCUT2D eigenvalue weighted by Gasteiger charge is -2.05. The molecule has 0 saturated heterocycles. The van der Waals surface area contributed by atoms with E-state index in [-0.39, 0.29) is 16.9 Å². The van der Waals surface area contributed by atoms with E-state index in [4.69, 9.17) is 4.74 Å². The van der Waals surface area contributed by atoms with Crippen LogP contribution in [0.5, 0.6) is 11.5 Å². The summed E-state index contributed by atoms with van der Waals surface area (Å²) in [5.74, 6) is -1.41. The third-order valence-corrected chi connectivity index (χ3v) is 3.70. The summed E-state index contributed by atoms with van der Waals surface area (Å²) < 4.78 is 18.1. The van der Waals surface area contributed by atoms with Gasteiger partial charge in [-0.25, -0.2) is 14.6 Å². The lowest BCUT2D eigenvalue weighted by molar-refractivity contribution is 0.0734. The second-order valence-corrected chi connectivity index (χ2v) is 5.68. The number of para-hydroxylation sites is 1. The monoisotopic (exact) mass is 378 g/mol. The van der Waals surface area contributed by atoms with Gasteiger partial charge >= 0.3 is 5.97 Å². The van der Waals surface area contributed by atoms with Crippen LogP contribution >= 0.6 is 0 Å². The minimum absolute atomic E-state index is 0.114. The predicted octanol–water partition coefficient (Wildman–Crippen LogP) is 3.51. The molecule has 140 valence electrons. The van der Waals surface area contributed by atoms with E-state index in [1.807, 2.05) is 0 Å². The molecule has 28 heavy (non-hydrogen) atoms. The summed E-state index contributed by atoms with van der Waals surface area (Å²) in [5, 5.41) is 13.4. The molecule has 3 aromatic carbocycles. The number of nitrogens with zero attached hydrogens (tertiary/aromatic N) is 1. The van der Waals surface area contributed by atoms with Gasteiger partial charge in [0.2, 0.25) is 0 Å². The Balaban J connectivity index is 1.57. The fourth-order valence-electron chi connectivity index (χ4n) is 2.27. The van der Waals surface area contributed by atoms with Crippen molar-refractivity contribution in [2.45, 2.75) is 0 Å². The van der Waals surface area contributed by atoms with E-state index in [0.29, 0.717) is 11.3 Å². The van der Waals surface area contributed by atoms with Crippen molar-refractivity contribution in [1.82, 2.24) is 5.43 Å². The first kappa shape index (κ1) is 18.8. The second-order valence-electron chi connectivity index (χ2n) is 5.68. The van der Waals surface area contributed by atoms with Crippen molar-refractivity contribution >= 4 is 18.1 Å². The van der Waals surface area contributed by atoms with Gasteiger partial charge in [0.1, 0.15) is 17.3 Å². The quantitative estimate of drug-likeness (QED) is 0.308. The highest BCUT2D eigenvalue weighted by atomic mass is 19.1. The van der Waals surface area contributed by atoms with Gasteiger partial charge < -0.3 is 9.84 Å². The Morgan fingerprint density at radius 2 is 1.64 bits per heavy atom. The Morgan fingerprint density at radius 1 is 0.964 bits per heavy atom. The fourth-order valence-corrected chi connectivity index (χ4v) is 2.27. The number of carbonyl (C=O) groups excluding carboxylic acids is 2. The lowest BCUT2D eigenvalue weighted by Crippen LogP contribution is -2.17. The third kappa shape index (κ3) is 4.79. The van der Waals surface area contributed by atoms with E-state index in [9.17, 15) is 19.1 Å². The largest absolute Gasteiger partial charge is 0.507 e. The molecule has 0 aliphatic rings. The number of aromatic hydroxyl groups is 1. The second kappa shape index (κ2) is 8.59. The first-order chi connectivity index (χ1) is 13.5. The minimum atomic E-state index is -0.601. The number of halogens is 1. The van der Waals surface area contributed by atoms with Gasteiger partial charge in [-0.1, -0.05) is 12.1 Å². The fraction of sp³-hybridized carbons (Fsp3) is 0. The van der Waals surface area contributed by atoms with E-state index in [1.54, 1.807) is 36.4 Å². The third-order valence-electron chi connectivity index (χ3n) is 3.70. The molecule has 3 aromatic rings. The maximum absolute atomic E-state index is 12.9. The molecule has 1 amide bonds. The molecule has 0 bridgehead atoms. The van der Waals surface area contributed by atoms with E-state index < -0.39 is 17.7 Å². The van der Waals surface area contributed by atoms with Crippen molar-refractivity contribution < 1.29 is 23.8 Å². The van der Waals surface area contributed by atoms with Crippen LogP contribution in [0.2, 0.25) is 0 Å². The summed E-state index contributed by atoms with van der Waals surface area (Å²) >= 11 is 0. The zero-order chi connectivity index (χ0) is 19.9. The van der Waals surface area contributed by atoms with Crippen molar-refractivity contribution in [3.8, 4) is 11.5 Å². The molecule has 0 aliphatic heterocycles. The van der Waals surface area contributed by atoms with E-state index in [1.165, 1.54) is 42.6 Å². The summed E-state index contributed by atoms with van der Waals surface area (Å²) in [7, 11) is 0. The van der Waals surface area contributed by atoms with Gasteiger partial charge in [0.15, 0.2) is 0 Å². The smallest absolute Gasteiger partial charge is 0.343 e. The molecule has 0 atom stereocenters. The molecule has 0 aliphatic carbocycles. The summed E-state index contributed by atoms with van der Waals surface area (Å²) in [6.07, 6.45) is 1.41. The number of ether oxygens (including phenoxy) is 1. The number of phenols is 1. The van der Waals surface area contributed by atoms with Crippen LogP contribution in [0.1, 0.15) is 26.3 Å². The first-order valence-corrected chi connectivity index (χ1v) is 8.22. The van der Waals surface area contributed by atoms with Gasteiger partial charge in [-0.15, -0.1) is 0 Å². The SMILES string of the molecule is O=C(Oc1ccc(/C=N\NC(=O)c2ccccc2O)cc1)c1ccc(F)cc1. The molecule has 6 nitrogen and oxygen atoms in total. The number of rotatable bonds is 5. The van der Waals surface area contributed by atoms with Crippen molar-refractivity contribution in [2.75, 3.05) is 0 Å². The Hall–Kier alpha value is -4.00. The summed E-state index contributed by atoms with van der Waals surface area (Å²) in [6.45, 7) is 0. The van der Waals surface area contributed by atoms with Crippen molar-refractivity contribution in [2.24, 2.45) is 5.10 Å². The summed E-state index contributed by atoms with van der Waals surface area (Å²) in [6, 6.07) is 17.6. The molecule has 0 unspecified atom stereocenters. The molecule has 3 rings (SSSR count). The number of esters is 1. The van der Waals surface area contributed by atoms with Crippen LogP contribution in [0.4, 0.5) is 4.39 Å². The molecule has 0 fully saturated rings. The number of hydrogen-bond donors (Lipinski definition) is 2. The van der Waals surface area contributed by atoms with Crippen LogP contribution in [0, 0.1) is 5.82 Å². The molecule has 0 radical (unpaired) electrons. The summed E-state index contributed by atoms with van der Waals surface area (Å²) in [4.78, 5) is 23.9. The maximum atomic E-state index is 12.9. The van der Waals surface area contributed by atoms with Gasteiger partial charge in [-0.2, -0.15) is 5.10 Å². The number of phenolic OH excluding ortho intramolecular Hbond substituents is 1. The van der Waals surface area contributed by atoms with Gasteiger partial charge in [0, 0.05) is 0 Å². The Bertz CT molecular complexity index is 1020. The lowest BCUT2D eigenvalue weighted by atomic mass is 10.2. The summed E-state index contributed by atoms with van der Waals surface area (Å²) in [5.41, 5.74) is 3.32. The topological polar surface area (TPSA) is 88.0 Å². The molecule has 7 heteroatoms. The van der Waals surface area contributed by atoms with Crippen molar-refractivity contribution in [1.29, 1.82) is 0 Å². The molecule has 0 saturated carbocycles. The van der Waals surface area contributed by atoms with Crippen LogP contribution < -0.4 is 10.2 Å². The Kier molecular flexibility index (Phi) is 5.76. The first-order valence-electron chi connectivity index (χ1n) is 8.22. The molecular formula is C21H15FN2O4. The average molecular weight is 378 g/mol. The highest BCUT2D eigenvalue weighted by molar-refractivity contribution is 5.97. The maximum Gasteiger partial charge on any atom is 0.343 e. The Morgan fingerprint density at radius 3 is 2.32 bits per heavy atom. The number of hydrogen-bond acceptors (Lipinski definition) is 5. The number of nitrogens with one attached hydrogen (secondary N) is 1. The van der Waals surface area contributed by atoms with E-state index in [2.05, 4.69) is 10.5 Å². The molecule has 0 heterocycles. The van der Waals surface area contributed by atoms with E-state index in [0.717, 1.165) is 0 Å². The number of carbonyl (C=O) groups is 2.